The number of thiophene rings is 1. The van der Waals surface area contributed by atoms with E-state index in [2.05, 4.69) is 49.8 Å². The molecule has 0 saturated carbocycles. The summed E-state index contributed by atoms with van der Waals surface area (Å²) < 4.78 is 15.2. The number of amides is 1. The average molecular weight is 690 g/mol. The van der Waals surface area contributed by atoms with Crippen molar-refractivity contribution in [2.45, 2.75) is 52.4 Å². The van der Waals surface area contributed by atoms with Crippen molar-refractivity contribution in [1.82, 2.24) is 14.9 Å². The van der Waals surface area contributed by atoms with Crippen molar-refractivity contribution >= 4 is 29.0 Å². The first-order valence-corrected chi connectivity index (χ1v) is 17.7. The number of aliphatic carboxylic acids is 1. The summed E-state index contributed by atoms with van der Waals surface area (Å²) in [6.45, 7) is 8.69. The largest absolute Gasteiger partial charge is 0.481 e. The Kier molecular flexibility index (Phi) is 10.1. The Labute approximate surface area is 295 Å². The number of aromatic nitrogens is 2. The summed E-state index contributed by atoms with van der Waals surface area (Å²) in [5, 5.41) is 9.32. The quantitative estimate of drug-likeness (QED) is 0.140. The van der Waals surface area contributed by atoms with E-state index in [-0.39, 0.29) is 42.4 Å². The standard InChI is InChI=1S/C41H40FN3O4S/c1-5-25-6-10-27(11-7-25)29-14-15-33(34(42)19-29)31-21-43-38(44-22-31)28-12-8-26(9-13-28)18-30(39(47)45-23-32(24-45)40(48)49)20-35(46)36-16-17-37(50-36)41(2,3)4/h6-17,19,21-22,30,32H,5,18,20,23-24H2,1-4H3,(H,48,49)/t30-/m1/s1. The molecular formula is C41H40FN3O4S. The minimum Gasteiger partial charge on any atom is -0.481 e. The fourth-order valence-corrected chi connectivity index (χ4v) is 7.10. The van der Waals surface area contributed by atoms with Gasteiger partial charge in [-0.2, -0.15) is 0 Å². The number of aryl methyl sites for hydroxylation is 1. The smallest absolute Gasteiger partial charge is 0.310 e. The Morgan fingerprint density at radius 1 is 0.860 bits per heavy atom. The molecule has 1 aliphatic rings. The van der Waals surface area contributed by atoms with Gasteiger partial charge in [0, 0.05) is 59.4 Å². The van der Waals surface area contributed by atoms with Crippen LogP contribution in [0.5, 0.6) is 0 Å². The zero-order valence-electron chi connectivity index (χ0n) is 28.7. The van der Waals surface area contributed by atoms with Gasteiger partial charge in [0.05, 0.1) is 10.8 Å². The number of carboxylic acid groups (broad SMARTS) is 1. The summed E-state index contributed by atoms with van der Waals surface area (Å²) in [7, 11) is 0. The first kappa shape index (κ1) is 34.8. The number of hydrogen-bond acceptors (Lipinski definition) is 6. The zero-order valence-corrected chi connectivity index (χ0v) is 29.5. The van der Waals surface area contributed by atoms with E-state index in [1.807, 2.05) is 54.6 Å². The highest BCUT2D eigenvalue weighted by molar-refractivity contribution is 7.14. The molecule has 6 rings (SSSR count). The van der Waals surface area contributed by atoms with Gasteiger partial charge in [-0.15, -0.1) is 11.3 Å². The van der Waals surface area contributed by atoms with Crippen molar-refractivity contribution in [2.24, 2.45) is 11.8 Å². The van der Waals surface area contributed by atoms with Gasteiger partial charge in [0.15, 0.2) is 11.6 Å². The second kappa shape index (κ2) is 14.5. The SMILES string of the molecule is CCc1ccc(-c2ccc(-c3cnc(-c4ccc(C[C@H](CC(=O)c5ccc(C(C)(C)C)s5)C(=O)N5CC(C(=O)O)C5)cc4)nc3)c(F)c2)cc1. The fourth-order valence-electron chi connectivity index (χ4n) is 6.09. The molecular weight excluding hydrogens is 650 g/mol. The fraction of sp³-hybridized carbons (Fsp3) is 0.293. The molecule has 9 heteroatoms. The lowest BCUT2D eigenvalue weighted by atomic mass is 9.89. The number of carbonyl (C=O) groups excluding carboxylic acids is 2. The topological polar surface area (TPSA) is 100 Å². The minimum atomic E-state index is -0.919. The molecule has 5 aromatic rings. The number of ketones is 1. The van der Waals surface area contributed by atoms with Gasteiger partial charge in [0.25, 0.3) is 0 Å². The highest BCUT2D eigenvalue weighted by Gasteiger charge is 2.39. The predicted molar refractivity (Wildman–Crippen MR) is 195 cm³/mol. The Morgan fingerprint density at radius 3 is 2.06 bits per heavy atom. The third kappa shape index (κ3) is 7.73. The number of benzene rings is 3. The van der Waals surface area contributed by atoms with Crippen LogP contribution in [0.15, 0.2) is 91.3 Å². The van der Waals surface area contributed by atoms with Crippen LogP contribution in [-0.4, -0.2) is 50.7 Å². The van der Waals surface area contributed by atoms with Gasteiger partial charge in [-0.05, 0) is 58.7 Å². The van der Waals surface area contributed by atoms with E-state index >= 15 is 4.39 Å². The third-order valence-corrected chi connectivity index (χ3v) is 10.8. The summed E-state index contributed by atoms with van der Waals surface area (Å²) in [5.74, 6) is -2.30. The van der Waals surface area contributed by atoms with Crippen molar-refractivity contribution < 1.29 is 23.9 Å². The summed E-state index contributed by atoms with van der Waals surface area (Å²) in [5.41, 5.74) is 5.50. The molecule has 0 aliphatic carbocycles. The maximum Gasteiger partial charge on any atom is 0.310 e. The lowest BCUT2D eigenvalue weighted by Crippen LogP contribution is -2.55. The summed E-state index contributed by atoms with van der Waals surface area (Å²) in [6.07, 6.45) is 4.53. The molecule has 50 heavy (non-hydrogen) atoms. The molecule has 1 aliphatic heterocycles. The molecule has 0 radical (unpaired) electrons. The van der Waals surface area contributed by atoms with Crippen LogP contribution in [0.4, 0.5) is 4.39 Å². The van der Waals surface area contributed by atoms with Crippen molar-refractivity contribution in [3.05, 3.63) is 118 Å². The van der Waals surface area contributed by atoms with Crippen LogP contribution in [-0.2, 0) is 27.8 Å². The number of hydrogen-bond donors (Lipinski definition) is 1. The number of Topliss-reactive ketones (excluding diaryl/α,β-unsaturated/α-hetero) is 1. The van der Waals surface area contributed by atoms with Gasteiger partial charge in [0.2, 0.25) is 5.91 Å². The van der Waals surface area contributed by atoms with Gasteiger partial charge in [-0.25, -0.2) is 14.4 Å². The van der Waals surface area contributed by atoms with Gasteiger partial charge in [0.1, 0.15) is 5.82 Å². The highest BCUT2D eigenvalue weighted by atomic mass is 32.1. The number of carboxylic acids is 1. The maximum atomic E-state index is 15.2. The second-order valence-electron chi connectivity index (χ2n) is 14.0. The molecule has 2 aromatic heterocycles. The number of nitrogens with zero attached hydrogens (tertiary/aromatic N) is 3. The van der Waals surface area contributed by atoms with Gasteiger partial charge < -0.3 is 10.0 Å². The van der Waals surface area contributed by atoms with Crippen molar-refractivity contribution in [1.29, 1.82) is 0 Å². The van der Waals surface area contributed by atoms with Crippen LogP contribution in [0.1, 0.15) is 59.8 Å². The summed E-state index contributed by atoms with van der Waals surface area (Å²) >= 11 is 1.45. The Morgan fingerprint density at radius 2 is 1.48 bits per heavy atom. The summed E-state index contributed by atoms with van der Waals surface area (Å²) in [4.78, 5) is 50.6. The Hall–Kier alpha value is -5.02. The Bertz CT molecular complexity index is 2010. The van der Waals surface area contributed by atoms with Crippen molar-refractivity contribution in [2.75, 3.05) is 13.1 Å². The molecule has 1 atom stereocenters. The lowest BCUT2D eigenvalue weighted by Gasteiger charge is -2.38. The average Bonchev–Trinajstić information content (AvgIpc) is 3.60. The molecule has 0 bridgehead atoms. The van der Waals surface area contributed by atoms with E-state index in [4.69, 9.17) is 0 Å². The van der Waals surface area contributed by atoms with E-state index in [1.165, 1.54) is 27.9 Å². The van der Waals surface area contributed by atoms with Gasteiger partial charge in [-0.1, -0.05) is 88.4 Å². The molecule has 1 amide bonds. The minimum absolute atomic E-state index is 0.0339. The number of carbonyl (C=O) groups is 3. The lowest BCUT2D eigenvalue weighted by molar-refractivity contribution is -0.154. The number of rotatable bonds is 11. The molecule has 3 aromatic carbocycles. The zero-order chi connectivity index (χ0) is 35.6. The number of likely N-dealkylation sites (tertiary alicyclic amines) is 1. The predicted octanol–water partition coefficient (Wildman–Crippen LogP) is 8.51. The maximum absolute atomic E-state index is 15.2. The third-order valence-electron chi connectivity index (χ3n) is 9.27. The van der Waals surface area contributed by atoms with Crippen LogP contribution < -0.4 is 0 Å². The van der Waals surface area contributed by atoms with E-state index < -0.39 is 17.8 Å². The van der Waals surface area contributed by atoms with Gasteiger partial charge in [-0.3, -0.25) is 14.4 Å². The van der Waals surface area contributed by atoms with Crippen LogP contribution in [0.2, 0.25) is 0 Å². The van der Waals surface area contributed by atoms with Crippen LogP contribution in [0.25, 0.3) is 33.6 Å². The normalized spacial score (nSPS) is 13.9. The van der Waals surface area contributed by atoms with Crippen molar-refractivity contribution in [3.63, 3.8) is 0 Å². The van der Waals surface area contributed by atoms with E-state index in [1.54, 1.807) is 18.5 Å². The molecule has 1 N–H and O–H groups in total. The number of halogens is 1. The molecule has 0 spiro atoms. The van der Waals surface area contributed by atoms with Crippen LogP contribution in [0, 0.1) is 17.7 Å². The van der Waals surface area contributed by atoms with E-state index in [9.17, 15) is 19.5 Å². The monoisotopic (exact) mass is 689 g/mol. The Balaban J connectivity index is 1.15. The van der Waals surface area contributed by atoms with Gasteiger partial charge >= 0.3 is 5.97 Å². The van der Waals surface area contributed by atoms with E-state index in [0.29, 0.717) is 28.2 Å². The molecule has 0 unspecified atom stereocenters. The van der Waals surface area contributed by atoms with Crippen LogP contribution >= 0.6 is 11.3 Å². The van der Waals surface area contributed by atoms with E-state index in [0.717, 1.165) is 33.6 Å². The molecule has 1 saturated heterocycles. The van der Waals surface area contributed by atoms with Crippen LogP contribution in [0.3, 0.4) is 0 Å². The summed E-state index contributed by atoms with van der Waals surface area (Å²) in [6, 6.07) is 24.6. The first-order valence-electron chi connectivity index (χ1n) is 16.8. The molecule has 3 heterocycles. The molecule has 7 nitrogen and oxygen atoms in total. The molecule has 1 fully saturated rings. The highest BCUT2D eigenvalue weighted by Crippen LogP contribution is 2.32. The first-order chi connectivity index (χ1) is 23.9. The second-order valence-corrected chi connectivity index (χ2v) is 15.0. The van der Waals surface area contributed by atoms with Crippen molar-refractivity contribution in [3.8, 4) is 33.6 Å². The molecule has 256 valence electrons.